The van der Waals surface area contributed by atoms with Gasteiger partial charge in [0.15, 0.2) is 0 Å². The number of allylic oxidation sites excluding steroid dienone is 3. The van der Waals surface area contributed by atoms with Gasteiger partial charge in [0.2, 0.25) is 5.91 Å². The Morgan fingerprint density at radius 1 is 1.20 bits per heavy atom. The Labute approximate surface area is 152 Å². The van der Waals surface area contributed by atoms with E-state index in [0.29, 0.717) is 0 Å². The molecule has 2 aliphatic rings. The third kappa shape index (κ3) is 3.19. The number of benzene rings is 1. The highest BCUT2D eigenvalue weighted by atomic mass is 32.1. The number of nitrogens with zero attached hydrogens (tertiary/aromatic N) is 2. The summed E-state index contributed by atoms with van der Waals surface area (Å²) in [6.45, 7) is 6.04. The lowest BCUT2D eigenvalue weighted by atomic mass is 10.1. The van der Waals surface area contributed by atoms with Gasteiger partial charge >= 0.3 is 0 Å². The number of likely N-dealkylation sites (tertiary alicyclic amines) is 1. The quantitative estimate of drug-likeness (QED) is 0.799. The molecule has 1 saturated heterocycles. The van der Waals surface area contributed by atoms with Gasteiger partial charge in [-0.1, -0.05) is 29.8 Å². The lowest BCUT2D eigenvalue weighted by Crippen LogP contribution is -2.28. The molecule has 2 aromatic rings. The topological polar surface area (TPSA) is 33.2 Å². The summed E-state index contributed by atoms with van der Waals surface area (Å²) in [5.41, 5.74) is 6.67. The van der Waals surface area contributed by atoms with Crippen LogP contribution >= 0.6 is 11.3 Å². The van der Waals surface area contributed by atoms with Gasteiger partial charge in [0, 0.05) is 29.6 Å². The molecule has 1 aliphatic carbocycles. The lowest BCUT2D eigenvalue weighted by Gasteiger charge is -2.15. The van der Waals surface area contributed by atoms with Gasteiger partial charge < -0.3 is 4.90 Å². The van der Waals surface area contributed by atoms with Gasteiger partial charge in [-0.25, -0.2) is 4.98 Å². The first kappa shape index (κ1) is 16.3. The van der Waals surface area contributed by atoms with Gasteiger partial charge in [-0.15, -0.1) is 11.3 Å². The van der Waals surface area contributed by atoms with E-state index in [4.69, 9.17) is 4.98 Å². The predicted molar refractivity (Wildman–Crippen MR) is 104 cm³/mol. The number of thiazole rings is 1. The Balaban J connectivity index is 1.55. The Bertz CT molecular complexity index is 885. The van der Waals surface area contributed by atoms with E-state index < -0.39 is 0 Å². The largest absolute Gasteiger partial charge is 0.339 e. The van der Waals surface area contributed by atoms with Gasteiger partial charge in [-0.2, -0.15) is 0 Å². The molecular weight excluding hydrogens is 328 g/mol. The maximum Gasteiger partial charge on any atom is 0.250 e. The van der Waals surface area contributed by atoms with Gasteiger partial charge in [-0.3, -0.25) is 4.79 Å². The summed E-state index contributed by atoms with van der Waals surface area (Å²) >= 11 is 1.67. The zero-order chi connectivity index (χ0) is 17.4. The van der Waals surface area contributed by atoms with Gasteiger partial charge in [0.05, 0.1) is 5.69 Å². The molecule has 25 heavy (non-hydrogen) atoms. The zero-order valence-corrected chi connectivity index (χ0v) is 15.5. The molecule has 1 aromatic heterocycles. The van der Waals surface area contributed by atoms with Crippen LogP contribution in [0.4, 0.5) is 0 Å². The van der Waals surface area contributed by atoms with E-state index in [2.05, 4.69) is 43.5 Å². The SMILES string of the molecule is Cc1ccc(-c2nc(C3=CCC(C(=O)N4CCCC4)=C3)cs2)c(C)c1. The average Bonchev–Trinajstić information content (AvgIpc) is 3.34. The molecular formula is C21H22N2OS. The van der Waals surface area contributed by atoms with Gasteiger partial charge in [-0.05, 0) is 50.3 Å². The highest BCUT2D eigenvalue weighted by Crippen LogP contribution is 2.33. The molecule has 0 spiro atoms. The van der Waals surface area contributed by atoms with Crippen LogP contribution in [-0.4, -0.2) is 28.9 Å². The summed E-state index contributed by atoms with van der Waals surface area (Å²) in [6.07, 6.45) is 7.14. The minimum absolute atomic E-state index is 0.202. The second kappa shape index (κ2) is 6.60. The van der Waals surface area contributed by atoms with Crippen LogP contribution in [0.3, 0.4) is 0 Å². The van der Waals surface area contributed by atoms with E-state index in [0.717, 1.165) is 54.2 Å². The van der Waals surface area contributed by atoms with Crippen LogP contribution in [0.15, 0.2) is 41.3 Å². The van der Waals surface area contributed by atoms with E-state index in [-0.39, 0.29) is 5.91 Å². The molecule has 4 heteroatoms. The number of aromatic nitrogens is 1. The standard InChI is InChI=1S/C21H22N2OS/c1-14-5-8-18(15(2)11-14)20-22-19(13-25-20)16-6-7-17(12-16)21(24)23-9-3-4-10-23/h5-6,8,11-13H,3-4,7,9-10H2,1-2H3. The van der Waals surface area contributed by atoms with E-state index in [9.17, 15) is 4.79 Å². The van der Waals surface area contributed by atoms with Crippen molar-refractivity contribution >= 4 is 22.8 Å². The average molecular weight is 350 g/mol. The number of amides is 1. The molecule has 0 unspecified atom stereocenters. The molecule has 128 valence electrons. The molecule has 0 bridgehead atoms. The van der Waals surface area contributed by atoms with Crippen molar-refractivity contribution in [2.75, 3.05) is 13.1 Å². The van der Waals surface area contributed by atoms with E-state index >= 15 is 0 Å². The Morgan fingerprint density at radius 3 is 2.76 bits per heavy atom. The van der Waals surface area contributed by atoms with Crippen molar-refractivity contribution in [3.63, 3.8) is 0 Å². The van der Waals surface area contributed by atoms with Crippen LogP contribution in [-0.2, 0) is 4.79 Å². The van der Waals surface area contributed by atoms with E-state index in [1.807, 2.05) is 11.0 Å². The Kier molecular flexibility index (Phi) is 4.30. The molecule has 0 saturated carbocycles. The number of hydrogen-bond donors (Lipinski definition) is 0. The number of carbonyl (C=O) groups is 1. The molecule has 2 heterocycles. The summed E-state index contributed by atoms with van der Waals surface area (Å²) < 4.78 is 0. The first-order valence-electron chi connectivity index (χ1n) is 8.85. The fraction of sp³-hybridized carbons (Fsp3) is 0.333. The summed E-state index contributed by atoms with van der Waals surface area (Å²) in [6, 6.07) is 6.47. The fourth-order valence-corrected chi connectivity index (χ4v) is 4.48. The molecule has 0 N–H and O–H groups in total. The minimum Gasteiger partial charge on any atom is -0.339 e. The summed E-state index contributed by atoms with van der Waals surface area (Å²) in [5, 5.41) is 3.14. The van der Waals surface area contributed by atoms with Crippen LogP contribution in [0.25, 0.3) is 16.1 Å². The van der Waals surface area contributed by atoms with Crippen LogP contribution in [0, 0.1) is 13.8 Å². The first-order chi connectivity index (χ1) is 12.1. The number of rotatable bonds is 3. The van der Waals surface area contributed by atoms with E-state index in [1.54, 1.807) is 11.3 Å². The number of aryl methyl sites for hydroxylation is 2. The maximum absolute atomic E-state index is 12.5. The van der Waals surface area contributed by atoms with Crippen LogP contribution in [0.5, 0.6) is 0 Å². The smallest absolute Gasteiger partial charge is 0.250 e. The summed E-state index contributed by atoms with van der Waals surface area (Å²) in [5.74, 6) is 0.202. The highest BCUT2D eigenvalue weighted by molar-refractivity contribution is 7.13. The van der Waals surface area contributed by atoms with Crippen LogP contribution in [0.1, 0.15) is 36.1 Å². The third-order valence-electron chi connectivity index (χ3n) is 4.95. The van der Waals surface area contributed by atoms with Crippen molar-refractivity contribution < 1.29 is 4.79 Å². The first-order valence-corrected chi connectivity index (χ1v) is 9.73. The van der Waals surface area contributed by atoms with Gasteiger partial charge in [0.1, 0.15) is 5.01 Å². The predicted octanol–water partition coefficient (Wildman–Crippen LogP) is 4.76. The minimum atomic E-state index is 0.202. The molecule has 0 atom stereocenters. The highest BCUT2D eigenvalue weighted by Gasteiger charge is 2.24. The second-order valence-electron chi connectivity index (χ2n) is 6.89. The third-order valence-corrected chi connectivity index (χ3v) is 5.83. The van der Waals surface area contributed by atoms with Crippen LogP contribution in [0.2, 0.25) is 0 Å². The second-order valence-corrected chi connectivity index (χ2v) is 7.75. The zero-order valence-electron chi connectivity index (χ0n) is 14.7. The lowest BCUT2D eigenvalue weighted by molar-refractivity contribution is -0.126. The van der Waals surface area contributed by atoms with Crippen molar-refractivity contribution in [2.24, 2.45) is 0 Å². The van der Waals surface area contributed by atoms with Crippen molar-refractivity contribution in [2.45, 2.75) is 33.1 Å². The molecule has 4 rings (SSSR count). The number of carbonyl (C=O) groups excluding carboxylic acids is 1. The van der Waals surface area contributed by atoms with E-state index in [1.165, 1.54) is 16.7 Å². The monoisotopic (exact) mass is 350 g/mol. The molecule has 1 aliphatic heterocycles. The molecule has 1 amide bonds. The maximum atomic E-state index is 12.5. The number of hydrogen-bond acceptors (Lipinski definition) is 3. The Hall–Kier alpha value is -2.20. The van der Waals surface area contributed by atoms with Crippen molar-refractivity contribution in [3.8, 4) is 10.6 Å². The normalized spacial score (nSPS) is 17.0. The molecule has 3 nitrogen and oxygen atoms in total. The fourth-order valence-electron chi connectivity index (χ4n) is 3.56. The summed E-state index contributed by atoms with van der Waals surface area (Å²) in [4.78, 5) is 19.3. The molecule has 0 radical (unpaired) electrons. The van der Waals surface area contributed by atoms with Crippen LogP contribution < -0.4 is 0 Å². The van der Waals surface area contributed by atoms with Crippen molar-refractivity contribution in [1.82, 2.24) is 9.88 Å². The van der Waals surface area contributed by atoms with Crippen molar-refractivity contribution in [1.29, 1.82) is 0 Å². The Morgan fingerprint density at radius 2 is 2.00 bits per heavy atom. The molecule has 1 fully saturated rings. The van der Waals surface area contributed by atoms with Gasteiger partial charge in [0.25, 0.3) is 0 Å². The summed E-state index contributed by atoms with van der Waals surface area (Å²) in [7, 11) is 0. The van der Waals surface area contributed by atoms with Crippen molar-refractivity contribution in [3.05, 3.63) is 58.1 Å². The molecule has 1 aromatic carbocycles.